The Morgan fingerprint density at radius 2 is 1.94 bits per heavy atom. The minimum atomic E-state index is -0.501. The number of hydrogen-bond acceptors (Lipinski definition) is 3. The van der Waals surface area contributed by atoms with Gasteiger partial charge >= 0.3 is 0 Å². The topological polar surface area (TPSA) is 81.1 Å². The molecule has 0 heterocycles. The molecule has 2 rings (SSSR count). The van der Waals surface area contributed by atoms with Gasteiger partial charge in [-0.05, 0) is 30.7 Å². The molecule has 4 nitrogen and oxygen atoms in total. The second-order valence-corrected chi connectivity index (χ2v) is 5.04. The maximum absolute atomic E-state index is 11.8. The van der Waals surface area contributed by atoms with Crippen molar-refractivity contribution in [1.29, 1.82) is 0 Å². The molecule has 2 unspecified atom stereocenters. The van der Waals surface area contributed by atoms with Crippen LogP contribution in [-0.2, 0) is 11.2 Å². The third-order valence-corrected chi connectivity index (χ3v) is 3.37. The third-order valence-electron chi connectivity index (χ3n) is 3.37. The fraction of sp³-hybridized carbons (Fsp3) is 0.500. The molecule has 1 saturated carbocycles. The van der Waals surface area contributed by atoms with E-state index in [4.69, 9.17) is 11.5 Å². The molecule has 0 bridgehead atoms. The van der Waals surface area contributed by atoms with Gasteiger partial charge in [0, 0.05) is 12.6 Å². The van der Waals surface area contributed by atoms with E-state index in [0.29, 0.717) is 18.9 Å². The molecule has 1 aromatic carbocycles. The highest BCUT2D eigenvalue weighted by atomic mass is 16.2. The maximum Gasteiger partial charge on any atom is 0.237 e. The van der Waals surface area contributed by atoms with Crippen LogP contribution in [0.15, 0.2) is 30.3 Å². The minimum Gasteiger partial charge on any atom is -0.353 e. The van der Waals surface area contributed by atoms with E-state index in [9.17, 15) is 4.79 Å². The van der Waals surface area contributed by atoms with Crippen molar-refractivity contribution in [2.24, 2.45) is 17.4 Å². The van der Waals surface area contributed by atoms with E-state index in [2.05, 4.69) is 5.32 Å². The summed E-state index contributed by atoms with van der Waals surface area (Å²) in [7, 11) is 0. The Labute approximate surface area is 108 Å². The van der Waals surface area contributed by atoms with Crippen LogP contribution < -0.4 is 16.8 Å². The summed E-state index contributed by atoms with van der Waals surface area (Å²) >= 11 is 0. The molecular formula is C14H21N3O. The van der Waals surface area contributed by atoms with Gasteiger partial charge in [-0.25, -0.2) is 0 Å². The molecule has 2 atom stereocenters. The van der Waals surface area contributed by atoms with E-state index in [1.54, 1.807) is 0 Å². The Kier molecular flexibility index (Phi) is 4.33. The third kappa shape index (κ3) is 3.82. The Bertz CT molecular complexity index is 389. The Morgan fingerprint density at radius 3 is 2.56 bits per heavy atom. The summed E-state index contributed by atoms with van der Waals surface area (Å²) in [4.78, 5) is 11.8. The number of carbonyl (C=O) groups excluding carboxylic acids is 1. The average Bonchev–Trinajstić information content (AvgIpc) is 3.21. The molecule has 1 fully saturated rings. The average molecular weight is 247 g/mol. The van der Waals surface area contributed by atoms with E-state index >= 15 is 0 Å². The van der Waals surface area contributed by atoms with Crippen LogP contribution in [-0.4, -0.2) is 24.5 Å². The molecule has 1 aromatic rings. The fourth-order valence-electron chi connectivity index (χ4n) is 2.00. The summed E-state index contributed by atoms with van der Waals surface area (Å²) in [6.07, 6.45) is 2.94. The quantitative estimate of drug-likeness (QED) is 0.681. The summed E-state index contributed by atoms with van der Waals surface area (Å²) in [6, 6.07) is 9.37. The minimum absolute atomic E-state index is 0.0814. The molecule has 0 saturated heterocycles. The molecule has 0 radical (unpaired) electrons. The van der Waals surface area contributed by atoms with Crippen molar-refractivity contribution < 1.29 is 4.79 Å². The lowest BCUT2D eigenvalue weighted by atomic mass is 10.1. The smallest absolute Gasteiger partial charge is 0.237 e. The van der Waals surface area contributed by atoms with Crippen LogP contribution in [0.5, 0.6) is 0 Å². The van der Waals surface area contributed by atoms with Gasteiger partial charge in [0.05, 0.1) is 6.04 Å². The van der Waals surface area contributed by atoms with Crippen LogP contribution in [0.25, 0.3) is 0 Å². The summed E-state index contributed by atoms with van der Waals surface area (Å²) in [5.41, 5.74) is 12.9. The Hall–Kier alpha value is -1.39. The zero-order chi connectivity index (χ0) is 13.0. The molecule has 1 aliphatic rings. The van der Waals surface area contributed by atoms with Gasteiger partial charge < -0.3 is 16.8 Å². The number of nitrogens with one attached hydrogen (secondary N) is 1. The first-order valence-electron chi connectivity index (χ1n) is 6.49. The molecule has 0 aliphatic heterocycles. The lowest BCUT2D eigenvalue weighted by molar-refractivity contribution is -0.122. The van der Waals surface area contributed by atoms with E-state index in [1.807, 2.05) is 30.3 Å². The second-order valence-electron chi connectivity index (χ2n) is 5.04. The first-order valence-corrected chi connectivity index (χ1v) is 6.49. The molecule has 1 aliphatic carbocycles. The summed E-state index contributed by atoms with van der Waals surface area (Å²) in [6.45, 7) is 0.534. The van der Waals surface area contributed by atoms with Gasteiger partial charge in [0.2, 0.25) is 5.91 Å². The lowest BCUT2D eigenvalue weighted by Gasteiger charge is -2.15. The maximum atomic E-state index is 11.8. The standard InChI is InChI=1S/C14H21N3O/c15-12(8-10-4-2-1-3-5-10)14(18)17-9-13(16)11-6-7-11/h1-5,11-13H,6-9,15-16H2,(H,17,18). The Morgan fingerprint density at radius 1 is 1.28 bits per heavy atom. The molecule has 0 aromatic heterocycles. The van der Waals surface area contributed by atoms with Crippen molar-refractivity contribution in [3.8, 4) is 0 Å². The zero-order valence-corrected chi connectivity index (χ0v) is 10.5. The monoisotopic (exact) mass is 247 g/mol. The van der Waals surface area contributed by atoms with E-state index < -0.39 is 6.04 Å². The highest BCUT2D eigenvalue weighted by Gasteiger charge is 2.28. The van der Waals surface area contributed by atoms with E-state index in [1.165, 1.54) is 12.8 Å². The number of rotatable bonds is 6. The number of nitrogens with two attached hydrogens (primary N) is 2. The van der Waals surface area contributed by atoms with Crippen LogP contribution in [0.4, 0.5) is 0 Å². The van der Waals surface area contributed by atoms with E-state index in [0.717, 1.165) is 5.56 Å². The zero-order valence-electron chi connectivity index (χ0n) is 10.5. The summed E-state index contributed by atoms with van der Waals surface area (Å²) in [5, 5.41) is 2.83. The largest absolute Gasteiger partial charge is 0.353 e. The van der Waals surface area contributed by atoms with Gasteiger partial charge in [-0.2, -0.15) is 0 Å². The molecule has 18 heavy (non-hydrogen) atoms. The van der Waals surface area contributed by atoms with Crippen molar-refractivity contribution >= 4 is 5.91 Å². The van der Waals surface area contributed by atoms with Gasteiger partial charge in [0.25, 0.3) is 0 Å². The highest BCUT2D eigenvalue weighted by molar-refractivity contribution is 5.81. The summed E-state index contributed by atoms with van der Waals surface area (Å²) < 4.78 is 0. The van der Waals surface area contributed by atoms with Gasteiger partial charge in [-0.1, -0.05) is 30.3 Å². The van der Waals surface area contributed by atoms with Gasteiger partial charge in [-0.15, -0.1) is 0 Å². The molecular weight excluding hydrogens is 226 g/mol. The Balaban J connectivity index is 1.74. The van der Waals surface area contributed by atoms with Crippen molar-refractivity contribution in [2.45, 2.75) is 31.3 Å². The predicted molar refractivity (Wildman–Crippen MR) is 71.8 cm³/mol. The van der Waals surface area contributed by atoms with Crippen LogP contribution in [0.3, 0.4) is 0 Å². The number of hydrogen-bond donors (Lipinski definition) is 3. The van der Waals surface area contributed by atoms with Gasteiger partial charge in [0.15, 0.2) is 0 Å². The number of amides is 1. The predicted octanol–water partition coefficient (Wildman–Crippen LogP) is 0.410. The summed E-state index contributed by atoms with van der Waals surface area (Å²) in [5.74, 6) is 0.477. The van der Waals surface area contributed by atoms with Crippen LogP contribution in [0.2, 0.25) is 0 Å². The van der Waals surface area contributed by atoms with Crippen molar-refractivity contribution in [3.63, 3.8) is 0 Å². The molecule has 1 amide bonds. The lowest BCUT2D eigenvalue weighted by Crippen LogP contribution is -2.46. The van der Waals surface area contributed by atoms with E-state index in [-0.39, 0.29) is 11.9 Å². The van der Waals surface area contributed by atoms with Crippen molar-refractivity contribution in [3.05, 3.63) is 35.9 Å². The molecule has 4 heteroatoms. The number of carbonyl (C=O) groups is 1. The van der Waals surface area contributed by atoms with Crippen LogP contribution in [0.1, 0.15) is 18.4 Å². The van der Waals surface area contributed by atoms with Crippen molar-refractivity contribution in [1.82, 2.24) is 5.32 Å². The second kappa shape index (κ2) is 5.98. The fourth-order valence-corrected chi connectivity index (χ4v) is 2.00. The number of benzene rings is 1. The first kappa shape index (κ1) is 13.1. The first-order chi connectivity index (χ1) is 8.66. The highest BCUT2D eigenvalue weighted by Crippen LogP contribution is 2.31. The van der Waals surface area contributed by atoms with Crippen LogP contribution >= 0.6 is 0 Å². The van der Waals surface area contributed by atoms with Crippen molar-refractivity contribution in [2.75, 3.05) is 6.54 Å². The van der Waals surface area contributed by atoms with Gasteiger partial charge in [0.1, 0.15) is 0 Å². The van der Waals surface area contributed by atoms with Crippen LogP contribution in [0, 0.1) is 5.92 Å². The molecule has 5 N–H and O–H groups in total. The molecule has 98 valence electrons. The SMILES string of the molecule is NC(Cc1ccccc1)C(=O)NCC(N)C1CC1. The normalized spacial score (nSPS) is 18.1. The molecule has 0 spiro atoms. The van der Waals surface area contributed by atoms with Gasteiger partial charge in [-0.3, -0.25) is 4.79 Å².